The molecule has 0 spiro atoms. The summed E-state index contributed by atoms with van der Waals surface area (Å²) in [6, 6.07) is 3.11. The molecule has 0 saturated heterocycles. The summed E-state index contributed by atoms with van der Waals surface area (Å²) in [7, 11) is -1.21. The summed E-state index contributed by atoms with van der Waals surface area (Å²) in [4.78, 5) is 9.49. The molecule has 5 rings (SSSR count). The SMILES string of the molecule is Cc1cc(Nc2nc(N(C)c3c(F)cc(S(C)(=O)=O)cc3F)nc(-c3cnn(C)c3C(F)F)c2C2CC2)n[nH]1. The number of hydrogen-bond acceptors (Lipinski definition) is 8. The first-order chi connectivity index (χ1) is 18.3. The minimum atomic E-state index is -3.89. The van der Waals surface area contributed by atoms with E-state index in [1.165, 1.54) is 20.3 Å². The van der Waals surface area contributed by atoms with E-state index in [0.29, 0.717) is 23.5 Å². The molecule has 15 heteroatoms. The van der Waals surface area contributed by atoms with Crippen LogP contribution in [-0.4, -0.2) is 51.7 Å². The molecule has 1 aliphatic rings. The Labute approximate surface area is 221 Å². The molecule has 0 amide bonds. The van der Waals surface area contributed by atoms with Crippen LogP contribution in [0.3, 0.4) is 0 Å². The number of aromatic amines is 1. The van der Waals surface area contributed by atoms with Gasteiger partial charge in [-0.2, -0.15) is 15.2 Å². The summed E-state index contributed by atoms with van der Waals surface area (Å²) in [5, 5.41) is 14.0. The van der Waals surface area contributed by atoms with Crippen LogP contribution < -0.4 is 10.2 Å². The fourth-order valence-electron chi connectivity index (χ4n) is 4.34. The number of H-pyrrole nitrogens is 1. The van der Waals surface area contributed by atoms with Crippen LogP contribution in [0.5, 0.6) is 0 Å². The molecule has 2 N–H and O–H groups in total. The van der Waals surface area contributed by atoms with E-state index in [2.05, 4.69) is 30.6 Å². The number of nitrogens with zero attached hydrogens (tertiary/aromatic N) is 6. The molecule has 1 aromatic carbocycles. The molecular formula is C24H24F4N8O2S. The lowest BCUT2D eigenvalue weighted by Crippen LogP contribution is -2.19. The predicted molar refractivity (Wildman–Crippen MR) is 135 cm³/mol. The maximum absolute atomic E-state index is 15.1. The Hall–Kier alpha value is -4.01. The number of aryl methyl sites for hydroxylation is 2. The number of alkyl halides is 2. The number of nitrogens with one attached hydrogen (secondary N) is 2. The van der Waals surface area contributed by atoms with Crippen LogP contribution in [0.4, 0.5) is 40.8 Å². The van der Waals surface area contributed by atoms with Gasteiger partial charge in [-0.25, -0.2) is 31.0 Å². The average Bonchev–Trinajstić information content (AvgIpc) is 3.48. The second-order valence-electron chi connectivity index (χ2n) is 9.40. The molecule has 1 aliphatic carbocycles. The summed E-state index contributed by atoms with van der Waals surface area (Å²) in [6.07, 6.45) is 0.754. The molecule has 0 atom stereocenters. The third-order valence-electron chi connectivity index (χ3n) is 6.37. The first-order valence-corrected chi connectivity index (χ1v) is 13.7. The molecule has 206 valence electrons. The third-order valence-corrected chi connectivity index (χ3v) is 7.46. The standard InChI is InChI=1S/C24H24F4N8O2S/c1-11-7-17(34-33-11)30-23-18(12-5-6-12)19(14-10-29-36(3)20(14)22(27)28)31-24(32-23)35(2)21-15(25)8-13(9-16(21)26)39(4,37)38/h7-10,12,22H,5-6H2,1-4H3,(H2,30,31,32,33,34). The smallest absolute Gasteiger partial charge is 0.280 e. The largest absolute Gasteiger partial charge is 0.323 e. The predicted octanol–water partition coefficient (Wildman–Crippen LogP) is 4.92. The zero-order valence-corrected chi connectivity index (χ0v) is 22.1. The van der Waals surface area contributed by atoms with Gasteiger partial charge in [0.15, 0.2) is 27.3 Å². The first kappa shape index (κ1) is 26.6. The quantitative estimate of drug-likeness (QED) is 0.290. The fraction of sp³-hybridized carbons (Fsp3) is 0.333. The zero-order chi connectivity index (χ0) is 28.2. The Kier molecular flexibility index (Phi) is 6.56. The third kappa shape index (κ3) is 5.05. The van der Waals surface area contributed by atoms with Gasteiger partial charge in [0.25, 0.3) is 6.43 Å². The van der Waals surface area contributed by atoms with E-state index in [9.17, 15) is 17.2 Å². The molecule has 1 fully saturated rings. The van der Waals surface area contributed by atoms with E-state index >= 15 is 8.78 Å². The highest BCUT2D eigenvalue weighted by Gasteiger charge is 2.35. The first-order valence-electron chi connectivity index (χ1n) is 11.8. The molecular weight excluding hydrogens is 540 g/mol. The number of sulfone groups is 1. The van der Waals surface area contributed by atoms with E-state index < -0.39 is 38.5 Å². The number of rotatable bonds is 8. The van der Waals surface area contributed by atoms with E-state index in [1.807, 2.05) is 0 Å². The highest BCUT2D eigenvalue weighted by atomic mass is 32.2. The highest BCUT2D eigenvalue weighted by Crippen LogP contribution is 2.49. The van der Waals surface area contributed by atoms with Crippen LogP contribution in [0.25, 0.3) is 11.3 Å². The van der Waals surface area contributed by atoms with Gasteiger partial charge in [0.05, 0.1) is 16.8 Å². The summed E-state index contributed by atoms with van der Waals surface area (Å²) in [5.74, 6) is -1.98. The van der Waals surface area contributed by atoms with Crippen LogP contribution in [0.2, 0.25) is 0 Å². The molecule has 4 aromatic rings. The van der Waals surface area contributed by atoms with E-state index in [-0.39, 0.29) is 34.6 Å². The molecule has 3 aromatic heterocycles. The normalized spacial score (nSPS) is 13.8. The topological polar surface area (TPSA) is 122 Å². The average molecular weight is 565 g/mol. The number of halogens is 4. The second kappa shape index (κ2) is 9.63. The van der Waals surface area contributed by atoms with Gasteiger partial charge < -0.3 is 10.2 Å². The van der Waals surface area contributed by atoms with Gasteiger partial charge in [-0.1, -0.05) is 0 Å². The lowest BCUT2D eigenvalue weighted by Gasteiger charge is -2.23. The molecule has 39 heavy (non-hydrogen) atoms. The van der Waals surface area contributed by atoms with Crippen LogP contribution in [0.15, 0.2) is 29.3 Å². The molecule has 0 unspecified atom stereocenters. The molecule has 0 aliphatic heterocycles. The molecule has 10 nitrogen and oxygen atoms in total. The lowest BCUT2D eigenvalue weighted by molar-refractivity contribution is 0.141. The molecule has 3 heterocycles. The van der Waals surface area contributed by atoms with Crippen molar-refractivity contribution in [2.75, 3.05) is 23.5 Å². The number of aromatic nitrogens is 6. The van der Waals surface area contributed by atoms with E-state index in [4.69, 9.17) is 0 Å². The van der Waals surface area contributed by atoms with Crippen LogP contribution in [-0.2, 0) is 16.9 Å². The van der Waals surface area contributed by atoms with Crippen LogP contribution in [0, 0.1) is 18.6 Å². The van der Waals surface area contributed by atoms with Gasteiger partial charge in [0.2, 0.25) is 5.95 Å². The van der Waals surface area contributed by atoms with Crippen molar-refractivity contribution < 1.29 is 26.0 Å². The van der Waals surface area contributed by atoms with Gasteiger partial charge >= 0.3 is 0 Å². The van der Waals surface area contributed by atoms with Gasteiger partial charge in [0.1, 0.15) is 17.2 Å². The minimum Gasteiger partial charge on any atom is -0.323 e. The maximum Gasteiger partial charge on any atom is 0.280 e. The van der Waals surface area contributed by atoms with Gasteiger partial charge in [-0.05, 0) is 37.8 Å². The zero-order valence-electron chi connectivity index (χ0n) is 21.3. The molecule has 0 bridgehead atoms. The second-order valence-corrected chi connectivity index (χ2v) is 11.4. The van der Waals surface area contributed by atoms with Crippen molar-refractivity contribution in [3.63, 3.8) is 0 Å². The Morgan fingerprint density at radius 2 is 1.82 bits per heavy atom. The summed E-state index contributed by atoms with van der Waals surface area (Å²) < 4.78 is 83.1. The van der Waals surface area contributed by atoms with Gasteiger partial charge in [-0.3, -0.25) is 9.78 Å². The van der Waals surface area contributed by atoms with Crippen LogP contribution in [0.1, 0.15) is 42.1 Å². The summed E-state index contributed by atoms with van der Waals surface area (Å²) >= 11 is 0. The summed E-state index contributed by atoms with van der Waals surface area (Å²) in [6.45, 7) is 1.79. The fourth-order valence-corrected chi connectivity index (χ4v) is 4.97. The number of hydrogen-bond donors (Lipinski definition) is 2. The van der Waals surface area contributed by atoms with Gasteiger partial charge in [0, 0.05) is 43.2 Å². The Morgan fingerprint density at radius 1 is 1.15 bits per heavy atom. The van der Waals surface area contributed by atoms with E-state index in [0.717, 1.165) is 34.4 Å². The molecule has 0 radical (unpaired) electrons. The maximum atomic E-state index is 15.1. The Balaban J connectivity index is 1.73. The van der Waals surface area contributed by atoms with Crippen molar-refractivity contribution in [3.8, 4) is 11.3 Å². The van der Waals surface area contributed by atoms with Crippen molar-refractivity contribution in [1.82, 2.24) is 29.9 Å². The van der Waals surface area contributed by atoms with E-state index in [1.54, 1.807) is 13.0 Å². The van der Waals surface area contributed by atoms with Crippen molar-refractivity contribution in [3.05, 3.63) is 53.0 Å². The highest BCUT2D eigenvalue weighted by molar-refractivity contribution is 7.90. The van der Waals surface area contributed by atoms with Crippen molar-refractivity contribution in [1.29, 1.82) is 0 Å². The van der Waals surface area contributed by atoms with Gasteiger partial charge in [-0.15, -0.1) is 0 Å². The Morgan fingerprint density at radius 3 is 2.36 bits per heavy atom. The monoisotopic (exact) mass is 564 g/mol. The summed E-state index contributed by atoms with van der Waals surface area (Å²) in [5.41, 5.74) is 0.507. The van der Waals surface area contributed by atoms with Crippen LogP contribution >= 0.6 is 0 Å². The van der Waals surface area contributed by atoms with Crippen molar-refractivity contribution in [2.24, 2.45) is 7.05 Å². The lowest BCUT2D eigenvalue weighted by atomic mass is 10.0. The number of benzene rings is 1. The molecule has 1 saturated carbocycles. The Bertz CT molecular complexity index is 1660. The van der Waals surface area contributed by atoms with Crippen molar-refractivity contribution >= 4 is 33.1 Å². The van der Waals surface area contributed by atoms with Crippen molar-refractivity contribution in [2.45, 2.75) is 37.0 Å². The number of anilines is 4. The minimum absolute atomic E-state index is 0.0462.